The number of carbonyl (C=O) groups excluding carboxylic acids is 1. The zero-order chi connectivity index (χ0) is 16.7. The van der Waals surface area contributed by atoms with Gasteiger partial charge in [0.25, 0.3) is 0 Å². The number of piperazine rings is 1. The maximum Gasteiger partial charge on any atom is 0.225 e. The van der Waals surface area contributed by atoms with Crippen molar-refractivity contribution in [3.05, 3.63) is 29.8 Å². The molecule has 1 amide bonds. The molecule has 4 nitrogen and oxygen atoms in total. The molecule has 0 spiro atoms. The predicted octanol–water partition coefficient (Wildman–Crippen LogP) is 3.17. The van der Waals surface area contributed by atoms with Gasteiger partial charge in [0, 0.05) is 38.6 Å². The minimum atomic E-state index is 0.202. The largest absolute Gasteiger partial charge is 0.494 e. The van der Waals surface area contributed by atoms with Crippen LogP contribution in [-0.2, 0) is 11.3 Å². The molecule has 0 saturated carbocycles. The molecular weight excluding hydrogens is 288 g/mol. The predicted molar refractivity (Wildman–Crippen MR) is 93.5 cm³/mol. The van der Waals surface area contributed by atoms with E-state index in [0.717, 1.165) is 51.3 Å². The molecule has 1 aromatic carbocycles. The zero-order valence-electron chi connectivity index (χ0n) is 14.8. The van der Waals surface area contributed by atoms with Gasteiger partial charge in [0.2, 0.25) is 5.91 Å². The normalized spacial score (nSPS) is 15.9. The molecule has 4 heteroatoms. The molecule has 128 valence electrons. The first-order valence-electron chi connectivity index (χ1n) is 8.90. The van der Waals surface area contributed by atoms with Gasteiger partial charge < -0.3 is 9.64 Å². The highest BCUT2D eigenvalue weighted by atomic mass is 16.5. The van der Waals surface area contributed by atoms with Crippen molar-refractivity contribution >= 4 is 5.91 Å². The van der Waals surface area contributed by atoms with E-state index in [0.29, 0.717) is 12.5 Å². The summed E-state index contributed by atoms with van der Waals surface area (Å²) in [4.78, 5) is 16.9. The minimum absolute atomic E-state index is 0.202. The number of ether oxygens (including phenoxy) is 1. The lowest BCUT2D eigenvalue weighted by molar-refractivity contribution is -0.137. The van der Waals surface area contributed by atoms with Crippen LogP contribution in [-0.4, -0.2) is 48.5 Å². The maximum absolute atomic E-state index is 12.4. The van der Waals surface area contributed by atoms with Crippen molar-refractivity contribution in [1.82, 2.24) is 9.80 Å². The molecular formula is C19H30N2O2. The summed E-state index contributed by atoms with van der Waals surface area (Å²) < 4.78 is 5.48. The SMILES string of the molecule is CCOc1ccc(CN2CCN(C(=O)C(CC)CC)CC2)cc1. The Balaban J connectivity index is 1.81. The van der Waals surface area contributed by atoms with Crippen LogP contribution in [0.5, 0.6) is 5.75 Å². The van der Waals surface area contributed by atoms with Gasteiger partial charge in [-0.15, -0.1) is 0 Å². The molecule has 0 unspecified atom stereocenters. The van der Waals surface area contributed by atoms with E-state index in [9.17, 15) is 4.79 Å². The Kier molecular flexibility index (Phi) is 6.90. The second kappa shape index (κ2) is 8.92. The standard InChI is InChI=1S/C19H30N2O2/c1-4-17(5-2)19(22)21-13-11-20(12-14-21)15-16-7-9-18(10-8-16)23-6-3/h7-10,17H,4-6,11-15H2,1-3H3. The van der Waals surface area contributed by atoms with Crippen LogP contribution in [0.1, 0.15) is 39.2 Å². The molecule has 1 heterocycles. The Morgan fingerprint density at radius 1 is 1.04 bits per heavy atom. The van der Waals surface area contributed by atoms with Crippen LogP contribution in [0, 0.1) is 5.92 Å². The summed E-state index contributed by atoms with van der Waals surface area (Å²) in [7, 11) is 0. The summed E-state index contributed by atoms with van der Waals surface area (Å²) in [5, 5.41) is 0. The first kappa shape index (κ1) is 17.8. The highest BCUT2D eigenvalue weighted by Crippen LogP contribution is 2.17. The van der Waals surface area contributed by atoms with Gasteiger partial charge in [0.15, 0.2) is 0 Å². The van der Waals surface area contributed by atoms with E-state index in [-0.39, 0.29) is 5.92 Å². The van der Waals surface area contributed by atoms with Crippen LogP contribution < -0.4 is 4.74 Å². The third-order valence-electron chi connectivity index (χ3n) is 4.66. The second-order valence-electron chi connectivity index (χ2n) is 6.19. The molecule has 0 radical (unpaired) electrons. The highest BCUT2D eigenvalue weighted by molar-refractivity contribution is 5.78. The smallest absolute Gasteiger partial charge is 0.225 e. The Hall–Kier alpha value is -1.55. The molecule has 1 fully saturated rings. The zero-order valence-corrected chi connectivity index (χ0v) is 14.8. The van der Waals surface area contributed by atoms with E-state index in [1.54, 1.807) is 0 Å². The quantitative estimate of drug-likeness (QED) is 0.774. The second-order valence-corrected chi connectivity index (χ2v) is 6.19. The average molecular weight is 318 g/mol. The number of hydrogen-bond acceptors (Lipinski definition) is 3. The maximum atomic E-state index is 12.4. The van der Waals surface area contributed by atoms with Gasteiger partial charge in [-0.25, -0.2) is 0 Å². The molecule has 0 N–H and O–H groups in total. The number of rotatable bonds is 7. The molecule has 0 atom stereocenters. The van der Waals surface area contributed by atoms with Crippen LogP contribution in [0.15, 0.2) is 24.3 Å². The molecule has 1 aliphatic rings. The van der Waals surface area contributed by atoms with Gasteiger partial charge in [-0.3, -0.25) is 9.69 Å². The lowest BCUT2D eigenvalue weighted by Crippen LogP contribution is -2.49. The molecule has 0 aliphatic carbocycles. The summed E-state index contributed by atoms with van der Waals surface area (Å²) >= 11 is 0. The van der Waals surface area contributed by atoms with Gasteiger partial charge in [-0.1, -0.05) is 26.0 Å². The Bertz CT molecular complexity index is 475. The fourth-order valence-corrected chi connectivity index (χ4v) is 3.14. The Labute approximate surface area is 140 Å². The van der Waals surface area contributed by atoms with Crippen LogP contribution in [0.3, 0.4) is 0 Å². The van der Waals surface area contributed by atoms with E-state index in [1.807, 2.05) is 24.0 Å². The molecule has 1 aromatic rings. The van der Waals surface area contributed by atoms with Gasteiger partial charge in [0.1, 0.15) is 5.75 Å². The molecule has 2 rings (SSSR count). The lowest BCUT2D eigenvalue weighted by atomic mass is 10.0. The summed E-state index contributed by atoms with van der Waals surface area (Å²) in [6.45, 7) is 11.5. The summed E-state index contributed by atoms with van der Waals surface area (Å²) in [5.41, 5.74) is 1.30. The van der Waals surface area contributed by atoms with E-state index in [4.69, 9.17) is 4.74 Å². The van der Waals surface area contributed by atoms with Crippen LogP contribution in [0.2, 0.25) is 0 Å². The number of carbonyl (C=O) groups is 1. The molecule has 1 aliphatic heterocycles. The van der Waals surface area contributed by atoms with Crippen molar-refractivity contribution in [1.29, 1.82) is 0 Å². The van der Waals surface area contributed by atoms with E-state index >= 15 is 0 Å². The minimum Gasteiger partial charge on any atom is -0.494 e. The summed E-state index contributed by atoms with van der Waals surface area (Å²) in [6.07, 6.45) is 1.89. The summed E-state index contributed by atoms with van der Waals surface area (Å²) in [5.74, 6) is 1.47. The molecule has 1 saturated heterocycles. The highest BCUT2D eigenvalue weighted by Gasteiger charge is 2.25. The van der Waals surface area contributed by atoms with Gasteiger partial charge >= 0.3 is 0 Å². The first-order chi connectivity index (χ1) is 11.2. The Morgan fingerprint density at radius 2 is 1.65 bits per heavy atom. The molecule has 0 aromatic heterocycles. The van der Waals surface area contributed by atoms with E-state index in [2.05, 4.69) is 30.9 Å². The lowest BCUT2D eigenvalue weighted by Gasteiger charge is -2.36. The molecule has 0 bridgehead atoms. The average Bonchev–Trinajstić information content (AvgIpc) is 2.58. The van der Waals surface area contributed by atoms with Crippen molar-refractivity contribution in [2.75, 3.05) is 32.8 Å². The van der Waals surface area contributed by atoms with Gasteiger partial charge in [-0.2, -0.15) is 0 Å². The third kappa shape index (κ3) is 4.96. The van der Waals surface area contributed by atoms with Crippen molar-refractivity contribution in [2.24, 2.45) is 5.92 Å². The fraction of sp³-hybridized carbons (Fsp3) is 0.632. The number of benzene rings is 1. The summed E-state index contributed by atoms with van der Waals surface area (Å²) in [6, 6.07) is 8.33. The van der Waals surface area contributed by atoms with Crippen molar-refractivity contribution in [3.63, 3.8) is 0 Å². The number of amides is 1. The van der Waals surface area contributed by atoms with Crippen molar-refractivity contribution in [3.8, 4) is 5.75 Å². The van der Waals surface area contributed by atoms with Crippen LogP contribution in [0.4, 0.5) is 0 Å². The first-order valence-corrected chi connectivity index (χ1v) is 8.90. The van der Waals surface area contributed by atoms with Gasteiger partial charge in [-0.05, 0) is 37.5 Å². The molecule has 23 heavy (non-hydrogen) atoms. The van der Waals surface area contributed by atoms with Crippen molar-refractivity contribution < 1.29 is 9.53 Å². The Morgan fingerprint density at radius 3 is 2.17 bits per heavy atom. The third-order valence-corrected chi connectivity index (χ3v) is 4.66. The number of nitrogens with zero attached hydrogens (tertiary/aromatic N) is 2. The fourth-order valence-electron chi connectivity index (χ4n) is 3.14. The van der Waals surface area contributed by atoms with Gasteiger partial charge in [0.05, 0.1) is 6.61 Å². The van der Waals surface area contributed by atoms with E-state index < -0.39 is 0 Å². The topological polar surface area (TPSA) is 32.8 Å². The van der Waals surface area contributed by atoms with Crippen LogP contribution >= 0.6 is 0 Å². The van der Waals surface area contributed by atoms with E-state index in [1.165, 1.54) is 5.56 Å². The number of hydrogen-bond donors (Lipinski definition) is 0. The van der Waals surface area contributed by atoms with Crippen molar-refractivity contribution in [2.45, 2.75) is 40.2 Å². The monoisotopic (exact) mass is 318 g/mol. The van der Waals surface area contributed by atoms with Crippen LogP contribution in [0.25, 0.3) is 0 Å².